The van der Waals surface area contributed by atoms with Crippen molar-refractivity contribution < 1.29 is 9.32 Å². The lowest BCUT2D eigenvalue weighted by Crippen LogP contribution is -2.12. The molecule has 0 aromatic carbocycles. The van der Waals surface area contributed by atoms with Crippen molar-refractivity contribution in [3.8, 4) is 0 Å². The van der Waals surface area contributed by atoms with Crippen LogP contribution in [0.2, 0.25) is 0 Å². The molecule has 0 saturated carbocycles. The highest BCUT2D eigenvalue weighted by Gasteiger charge is 2.13. The number of anilines is 3. The molecule has 0 aliphatic heterocycles. The van der Waals surface area contributed by atoms with Crippen LogP contribution in [0.1, 0.15) is 16.2 Å². The fourth-order valence-corrected chi connectivity index (χ4v) is 2.31. The largest absolute Gasteiger partial charge is 0.360 e. The predicted octanol–water partition coefficient (Wildman–Crippen LogP) is 2.83. The van der Waals surface area contributed by atoms with Crippen LogP contribution in [0.15, 0.2) is 40.5 Å². The Balaban J connectivity index is 1.68. The van der Waals surface area contributed by atoms with Crippen molar-refractivity contribution in [2.75, 3.05) is 10.6 Å². The van der Waals surface area contributed by atoms with Crippen LogP contribution in [0.25, 0.3) is 0 Å². The van der Waals surface area contributed by atoms with E-state index in [-0.39, 0.29) is 5.91 Å². The highest BCUT2D eigenvalue weighted by Crippen LogP contribution is 2.20. The second-order valence-electron chi connectivity index (χ2n) is 4.18. The van der Waals surface area contributed by atoms with E-state index in [2.05, 4.69) is 25.8 Å². The lowest BCUT2D eigenvalue weighted by Gasteiger charge is -2.00. The number of pyridine rings is 1. The third kappa shape index (κ3) is 3.23. The predicted molar refractivity (Wildman–Crippen MR) is 78.8 cm³/mol. The summed E-state index contributed by atoms with van der Waals surface area (Å²) in [7, 11) is 0. The van der Waals surface area contributed by atoms with Crippen LogP contribution in [0, 0.1) is 6.92 Å². The van der Waals surface area contributed by atoms with Crippen LogP contribution in [0.3, 0.4) is 0 Å². The molecule has 0 bridgehead atoms. The molecule has 3 heterocycles. The zero-order chi connectivity index (χ0) is 14.7. The highest BCUT2D eigenvalue weighted by atomic mass is 32.1. The minimum absolute atomic E-state index is 0.312. The summed E-state index contributed by atoms with van der Waals surface area (Å²) in [4.78, 5) is 20.2. The van der Waals surface area contributed by atoms with E-state index in [4.69, 9.17) is 4.52 Å². The van der Waals surface area contributed by atoms with Crippen LogP contribution in [-0.4, -0.2) is 21.0 Å². The van der Waals surface area contributed by atoms with Crippen LogP contribution in [-0.2, 0) is 0 Å². The first-order chi connectivity index (χ1) is 10.2. The number of nitrogens with zero attached hydrogens (tertiary/aromatic N) is 3. The summed E-state index contributed by atoms with van der Waals surface area (Å²) in [6.07, 6.45) is 3.37. The molecule has 3 rings (SSSR count). The van der Waals surface area contributed by atoms with Crippen molar-refractivity contribution in [2.45, 2.75) is 6.92 Å². The molecular formula is C13H11N5O2S. The van der Waals surface area contributed by atoms with E-state index in [9.17, 15) is 4.79 Å². The fourth-order valence-electron chi connectivity index (χ4n) is 1.60. The Labute approximate surface area is 124 Å². The van der Waals surface area contributed by atoms with Gasteiger partial charge < -0.3 is 15.2 Å². The first-order valence-corrected chi connectivity index (χ1v) is 6.96. The number of hydrogen-bond acceptors (Lipinski definition) is 7. The fraction of sp³-hybridized carbons (Fsp3) is 0.0769. The van der Waals surface area contributed by atoms with Crippen molar-refractivity contribution in [1.82, 2.24) is 15.1 Å². The highest BCUT2D eigenvalue weighted by molar-refractivity contribution is 7.14. The van der Waals surface area contributed by atoms with Gasteiger partial charge in [0.25, 0.3) is 5.91 Å². The molecule has 0 atom stereocenters. The second-order valence-corrected chi connectivity index (χ2v) is 5.04. The molecule has 2 N–H and O–H groups in total. The van der Waals surface area contributed by atoms with Crippen molar-refractivity contribution >= 4 is 33.9 Å². The van der Waals surface area contributed by atoms with Gasteiger partial charge in [-0.1, -0.05) is 5.16 Å². The summed E-state index contributed by atoms with van der Waals surface area (Å²) in [6.45, 7) is 1.75. The van der Waals surface area contributed by atoms with E-state index >= 15 is 0 Å². The van der Waals surface area contributed by atoms with Crippen molar-refractivity contribution in [3.05, 3.63) is 47.4 Å². The third-order valence-electron chi connectivity index (χ3n) is 2.52. The normalized spacial score (nSPS) is 10.3. The maximum absolute atomic E-state index is 12.0. The third-order valence-corrected chi connectivity index (χ3v) is 3.28. The number of thiazole rings is 1. The van der Waals surface area contributed by atoms with E-state index in [1.807, 2.05) is 12.1 Å². The summed E-state index contributed by atoms with van der Waals surface area (Å²) >= 11 is 1.33. The van der Waals surface area contributed by atoms with Crippen LogP contribution < -0.4 is 10.6 Å². The molecule has 0 spiro atoms. The van der Waals surface area contributed by atoms with Gasteiger partial charge in [0.1, 0.15) is 11.5 Å². The number of rotatable bonds is 4. The number of carbonyl (C=O) groups is 1. The molecule has 3 aromatic rings. The SMILES string of the molecule is Cc1cc(NC(=O)c2csc(Nc3cccnc3)n2)no1. The minimum Gasteiger partial charge on any atom is -0.360 e. The Morgan fingerprint density at radius 3 is 3.05 bits per heavy atom. The van der Waals surface area contributed by atoms with Crippen LogP contribution >= 0.6 is 11.3 Å². The Morgan fingerprint density at radius 2 is 2.33 bits per heavy atom. The van der Waals surface area contributed by atoms with Gasteiger partial charge >= 0.3 is 0 Å². The molecule has 3 aromatic heterocycles. The number of hydrogen-bond donors (Lipinski definition) is 2. The van der Waals surface area contributed by atoms with E-state index in [0.29, 0.717) is 22.4 Å². The summed E-state index contributed by atoms with van der Waals surface area (Å²) in [5, 5.41) is 11.7. The van der Waals surface area contributed by atoms with Crippen molar-refractivity contribution in [2.24, 2.45) is 0 Å². The Bertz CT molecular complexity index is 753. The molecule has 8 heteroatoms. The molecule has 0 unspecified atom stereocenters. The van der Waals surface area contributed by atoms with Crippen molar-refractivity contribution in [1.29, 1.82) is 0 Å². The molecule has 0 aliphatic carbocycles. The molecule has 0 aliphatic rings. The Hall–Kier alpha value is -2.74. The molecule has 0 fully saturated rings. The maximum atomic E-state index is 12.0. The van der Waals surface area contributed by atoms with Crippen molar-refractivity contribution in [3.63, 3.8) is 0 Å². The number of amides is 1. The van der Waals surface area contributed by atoms with Gasteiger partial charge in [0.2, 0.25) is 0 Å². The zero-order valence-electron chi connectivity index (χ0n) is 11.0. The molecule has 21 heavy (non-hydrogen) atoms. The molecule has 0 saturated heterocycles. The van der Waals surface area contributed by atoms with Crippen LogP contribution in [0.4, 0.5) is 16.6 Å². The van der Waals surface area contributed by atoms with Crippen LogP contribution in [0.5, 0.6) is 0 Å². The summed E-state index contributed by atoms with van der Waals surface area (Å²) in [5.74, 6) is 0.661. The summed E-state index contributed by atoms with van der Waals surface area (Å²) in [6, 6.07) is 5.32. The smallest absolute Gasteiger partial charge is 0.276 e. The van der Waals surface area contributed by atoms with Gasteiger partial charge in [0, 0.05) is 17.6 Å². The minimum atomic E-state index is -0.334. The topological polar surface area (TPSA) is 92.9 Å². The maximum Gasteiger partial charge on any atom is 0.276 e. The number of aromatic nitrogens is 3. The van der Waals surface area contributed by atoms with E-state index in [1.54, 1.807) is 30.8 Å². The van der Waals surface area contributed by atoms with Gasteiger partial charge in [-0.05, 0) is 19.1 Å². The summed E-state index contributed by atoms with van der Waals surface area (Å²) in [5.41, 5.74) is 1.12. The number of aryl methyl sites for hydroxylation is 1. The standard InChI is InChI=1S/C13H11N5O2S/c1-8-5-11(18-20-8)17-12(19)10-7-21-13(16-10)15-9-3-2-4-14-6-9/h2-7H,1H3,(H,15,16)(H,17,18,19). The summed E-state index contributed by atoms with van der Waals surface area (Å²) < 4.78 is 4.88. The Morgan fingerprint density at radius 1 is 1.43 bits per heavy atom. The van der Waals surface area contributed by atoms with Gasteiger partial charge in [-0.25, -0.2) is 4.98 Å². The molecule has 106 valence electrons. The van der Waals surface area contributed by atoms with Gasteiger partial charge in [-0.15, -0.1) is 11.3 Å². The van der Waals surface area contributed by atoms with Gasteiger partial charge in [-0.3, -0.25) is 9.78 Å². The van der Waals surface area contributed by atoms with E-state index in [0.717, 1.165) is 5.69 Å². The second kappa shape index (κ2) is 5.71. The van der Waals surface area contributed by atoms with E-state index < -0.39 is 0 Å². The number of nitrogens with one attached hydrogen (secondary N) is 2. The first-order valence-electron chi connectivity index (χ1n) is 6.08. The van der Waals surface area contributed by atoms with Gasteiger partial charge in [0.15, 0.2) is 10.9 Å². The molecule has 7 nitrogen and oxygen atoms in total. The number of carbonyl (C=O) groups excluding carboxylic acids is 1. The quantitative estimate of drug-likeness (QED) is 0.769. The first kappa shape index (κ1) is 13.3. The van der Waals surface area contributed by atoms with Gasteiger partial charge in [0.05, 0.1) is 11.9 Å². The average Bonchev–Trinajstić information content (AvgIpc) is 3.09. The lowest BCUT2D eigenvalue weighted by molar-refractivity contribution is 0.102. The molecular weight excluding hydrogens is 290 g/mol. The van der Waals surface area contributed by atoms with E-state index in [1.165, 1.54) is 11.3 Å². The molecule has 1 amide bonds. The lowest BCUT2D eigenvalue weighted by atomic mass is 10.4. The van der Waals surface area contributed by atoms with Gasteiger partial charge in [-0.2, -0.15) is 0 Å². The zero-order valence-corrected chi connectivity index (χ0v) is 11.8. The Kier molecular flexibility index (Phi) is 3.61. The monoisotopic (exact) mass is 301 g/mol. The molecule has 0 radical (unpaired) electrons. The average molecular weight is 301 g/mol.